The molecule has 45 heavy (non-hydrogen) atoms. The molecular formula is C34H41ClN6O4. The lowest BCUT2D eigenvalue weighted by molar-refractivity contribution is -0.133. The number of nitrogens with zero attached hydrogens (tertiary/aromatic N) is 5. The number of hydrogen-bond donors (Lipinski definition) is 1. The van der Waals surface area contributed by atoms with E-state index in [4.69, 9.17) is 21.1 Å². The summed E-state index contributed by atoms with van der Waals surface area (Å²) >= 11 is 6.20. The van der Waals surface area contributed by atoms with Gasteiger partial charge in [0.05, 0.1) is 18.7 Å². The number of fused-ring (bicyclic) bond motifs is 1. The Bertz CT molecular complexity index is 1630. The van der Waals surface area contributed by atoms with Crippen molar-refractivity contribution < 1.29 is 19.1 Å². The quantitative estimate of drug-likeness (QED) is 0.241. The Morgan fingerprint density at radius 2 is 1.69 bits per heavy atom. The van der Waals surface area contributed by atoms with Crippen molar-refractivity contribution in [3.63, 3.8) is 0 Å². The second-order valence-corrected chi connectivity index (χ2v) is 12.9. The molecule has 1 aliphatic rings. The first kappa shape index (κ1) is 32.1. The summed E-state index contributed by atoms with van der Waals surface area (Å²) in [5.74, 6) is -0.164. The van der Waals surface area contributed by atoms with Crippen LogP contribution in [0.25, 0.3) is 22.2 Å². The first-order valence-corrected chi connectivity index (χ1v) is 15.6. The minimum absolute atomic E-state index is 0.0461. The molecule has 0 bridgehead atoms. The Hall–Kier alpha value is -4.31. The van der Waals surface area contributed by atoms with E-state index < -0.39 is 17.6 Å². The molecule has 2 aromatic carbocycles. The van der Waals surface area contributed by atoms with E-state index in [2.05, 4.69) is 32.2 Å². The number of nitrogens with one attached hydrogen (secondary N) is 1. The molecule has 1 atom stereocenters. The van der Waals surface area contributed by atoms with Crippen LogP contribution in [0.4, 0.5) is 10.5 Å². The Labute approximate surface area is 269 Å². The summed E-state index contributed by atoms with van der Waals surface area (Å²) in [5, 5.41) is 8.71. The molecule has 11 heteroatoms. The number of methoxy groups -OCH3 is 1. The fourth-order valence-electron chi connectivity index (χ4n) is 5.66. The molecule has 238 valence electrons. The summed E-state index contributed by atoms with van der Waals surface area (Å²) < 4.78 is 11.3. The van der Waals surface area contributed by atoms with Gasteiger partial charge in [0.25, 0.3) is 0 Å². The van der Waals surface area contributed by atoms with E-state index in [1.807, 2.05) is 76.0 Å². The molecule has 1 aliphatic heterocycles. The Kier molecular flexibility index (Phi) is 9.53. The molecule has 5 rings (SSSR count). The summed E-state index contributed by atoms with van der Waals surface area (Å²) in [7, 11) is 1.60. The SMILES string of the molecule is COc1n[nH]c2ncc(-c3ccccc3)c(N3CCN(C(=O)[C@H](CN(C(=O)OC(C)(C)C)C(C)C)c4ccc(Cl)cc4)CC3)c12. The van der Waals surface area contributed by atoms with Crippen LogP contribution in [0.3, 0.4) is 0 Å². The van der Waals surface area contributed by atoms with Gasteiger partial charge in [-0.25, -0.2) is 9.78 Å². The lowest BCUT2D eigenvalue weighted by atomic mass is 9.95. The maximum Gasteiger partial charge on any atom is 0.410 e. The lowest BCUT2D eigenvalue weighted by Crippen LogP contribution is -2.52. The molecule has 4 aromatic rings. The zero-order chi connectivity index (χ0) is 32.3. The van der Waals surface area contributed by atoms with Crippen LogP contribution in [0.15, 0.2) is 60.8 Å². The predicted molar refractivity (Wildman–Crippen MR) is 177 cm³/mol. The fourth-order valence-corrected chi connectivity index (χ4v) is 5.79. The number of aromatic amines is 1. The fraction of sp³-hybridized carbons (Fsp3) is 0.412. The first-order valence-electron chi connectivity index (χ1n) is 15.2. The number of amides is 2. The summed E-state index contributed by atoms with van der Waals surface area (Å²) in [6.07, 6.45) is 1.41. The number of halogens is 1. The molecule has 0 saturated carbocycles. The van der Waals surface area contributed by atoms with Gasteiger partial charge >= 0.3 is 6.09 Å². The van der Waals surface area contributed by atoms with Crippen LogP contribution in [-0.2, 0) is 9.53 Å². The monoisotopic (exact) mass is 632 g/mol. The highest BCUT2D eigenvalue weighted by atomic mass is 35.5. The van der Waals surface area contributed by atoms with Crippen LogP contribution >= 0.6 is 11.6 Å². The number of rotatable bonds is 8. The van der Waals surface area contributed by atoms with Gasteiger partial charge in [0.1, 0.15) is 11.0 Å². The summed E-state index contributed by atoms with van der Waals surface area (Å²) in [5.41, 5.74) is 3.74. The smallest absolute Gasteiger partial charge is 0.410 e. The van der Waals surface area contributed by atoms with E-state index in [9.17, 15) is 9.59 Å². The molecule has 0 radical (unpaired) electrons. The molecule has 0 unspecified atom stereocenters. The maximum absolute atomic E-state index is 14.3. The predicted octanol–water partition coefficient (Wildman–Crippen LogP) is 6.36. The third-order valence-electron chi connectivity index (χ3n) is 7.92. The summed E-state index contributed by atoms with van der Waals surface area (Å²) in [6.45, 7) is 11.7. The second kappa shape index (κ2) is 13.4. The number of H-pyrrole nitrogens is 1. The highest BCUT2D eigenvalue weighted by molar-refractivity contribution is 6.30. The van der Waals surface area contributed by atoms with Crippen molar-refractivity contribution in [1.82, 2.24) is 25.0 Å². The van der Waals surface area contributed by atoms with E-state index >= 15 is 0 Å². The van der Waals surface area contributed by atoms with E-state index in [-0.39, 0.29) is 18.5 Å². The molecule has 1 fully saturated rings. The van der Waals surface area contributed by atoms with Crippen molar-refractivity contribution in [2.75, 3.05) is 44.7 Å². The molecule has 2 aromatic heterocycles. The van der Waals surface area contributed by atoms with E-state index in [0.29, 0.717) is 42.7 Å². The minimum Gasteiger partial charge on any atom is -0.479 e. The third-order valence-corrected chi connectivity index (χ3v) is 8.17. The zero-order valence-electron chi connectivity index (χ0n) is 26.7. The molecule has 0 spiro atoms. The standard InChI is InChI=1S/C34H41ClN6O4/c1-22(2)41(33(43)45-34(3,4)5)21-27(24-12-14-25(35)15-13-24)32(42)40-18-16-39(17-19-40)29-26(23-10-8-7-9-11-23)20-36-30-28(29)31(44-6)38-37-30/h7-15,20,22,27H,16-19,21H2,1-6H3,(H,36,37,38)/t27-/m1/s1. The van der Waals surface area contributed by atoms with Crippen molar-refractivity contribution in [1.29, 1.82) is 0 Å². The van der Waals surface area contributed by atoms with Gasteiger partial charge in [-0.1, -0.05) is 54.1 Å². The van der Waals surface area contributed by atoms with Crippen LogP contribution in [-0.4, -0.2) is 88.5 Å². The number of ether oxygens (including phenoxy) is 2. The van der Waals surface area contributed by atoms with E-state index in [1.165, 1.54) is 0 Å². The van der Waals surface area contributed by atoms with Gasteiger partial charge in [-0.2, -0.15) is 0 Å². The van der Waals surface area contributed by atoms with Crippen molar-refractivity contribution in [2.45, 2.75) is 52.2 Å². The maximum atomic E-state index is 14.3. The van der Waals surface area contributed by atoms with Crippen molar-refractivity contribution in [2.24, 2.45) is 0 Å². The Morgan fingerprint density at radius 1 is 1.02 bits per heavy atom. The van der Waals surface area contributed by atoms with Gasteiger partial charge in [0, 0.05) is 55.5 Å². The molecular weight excluding hydrogens is 592 g/mol. The average Bonchev–Trinajstić information content (AvgIpc) is 3.44. The second-order valence-electron chi connectivity index (χ2n) is 12.5. The number of piperazine rings is 1. The summed E-state index contributed by atoms with van der Waals surface area (Å²) in [6, 6.07) is 17.2. The average molecular weight is 633 g/mol. The lowest BCUT2D eigenvalue weighted by Gasteiger charge is -2.39. The molecule has 10 nitrogen and oxygen atoms in total. The Morgan fingerprint density at radius 3 is 2.29 bits per heavy atom. The summed E-state index contributed by atoms with van der Waals surface area (Å²) in [4.78, 5) is 37.9. The van der Waals surface area contributed by atoms with Crippen LogP contribution in [0.5, 0.6) is 5.88 Å². The molecule has 2 amide bonds. The third kappa shape index (κ3) is 7.17. The number of hydrogen-bond acceptors (Lipinski definition) is 7. The van der Waals surface area contributed by atoms with Gasteiger partial charge < -0.3 is 24.2 Å². The van der Waals surface area contributed by atoms with Gasteiger partial charge in [-0.3, -0.25) is 9.89 Å². The van der Waals surface area contributed by atoms with Gasteiger partial charge in [-0.05, 0) is 57.9 Å². The molecule has 1 saturated heterocycles. The zero-order valence-corrected chi connectivity index (χ0v) is 27.5. The molecule has 3 heterocycles. The van der Waals surface area contributed by atoms with Gasteiger partial charge in [-0.15, -0.1) is 5.10 Å². The van der Waals surface area contributed by atoms with Crippen LogP contribution < -0.4 is 9.64 Å². The van der Waals surface area contributed by atoms with Crippen molar-refractivity contribution in [3.05, 3.63) is 71.4 Å². The van der Waals surface area contributed by atoms with Crippen LogP contribution in [0.2, 0.25) is 5.02 Å². The number of pyridine rings is 1. The normalized spacial score (nSPS) is 14.5. The van der Waals surface area contributed by atoms with Crippen LogP contribution in [0, 0.1) is 0 Å². The number of anilines is 1. The largest absolute Gasteiger partial charge is 0.479 e. The van der Waals surface area contributed by atoms with Crippen LogP contribution in [0.1, 0.15) is 46.1 Å². The van der Waals surface area contributed by atoms with E-state index in [0.717, 1.165) is 27.8 Å². The topological polar surface area (TPSA) is 104 Å². The van der Waals surface area contributed by atoms with Gasteiger partial charge in [0.15, 0.2) is 5.65 Å². The first-order chi connectivity index (χ1) is 21.5. The minimum atomic E-state index is -0.658. The number of carbonyl (C=O) groups excluding carboxylic acids is 2. The number of carbonyl (C=O) groups is 2. The number of benzene rings is 2. The highest BCUT2D eigenvalue weighted by Crippen LogP contribution is 2.40. The van der Waals surface area contributed by atoms with Gasteiger partial charge in [0.2, 0.25) is 11.8 Å². The molecule has 0 aliphatic carbocycles. The van der Waals surface area contributed by atoms with Crippen molar-refractivity contribution in [3.8, 4) is 17.0 Å². The highest BCUT2D eigenvalue weighted by Gasteiger charge is 2.35. The van der Waals surface area contributed by atoms with E-state index in [1.54, 1.807) is 24.1 Å². The Balaban J connectivity index is 1.43. The van der Waals surface area contributed by atoms with Crippen molar-refractivity contribution >= 4 is 40.3 Å². The number of aromatic nitrogens is 3. The molecule has 1 N–H and O–H groups in total.